The lowest BCUT2D eigenvalue weighted by molar-refractivity contribution is -0.155. The second-order valence-electron chi connectivity index (χ2n) is 8.52. The maximum absolute atomic E-state index is 12.6. The van der Waals surface area contributed by atoms with E-state index in [0.29, 0.717) is 11.9 Å². The van der Waals surface area contributed by atoms with Gasteiger partial charge in [0.2, 0.25) is 0 Å². The molecule has 0 aliphatic heterocycles. The van der Waals surface area contributed by atoms with E-state index in [4.69, 9.17) is 9.72 Å². The normalized spacial score (nSPS) is 11.8. The molecule has 0 bridgehead atoms. The molecule has 0 spiro atoms. The van der Waals surface area contributed by atoms with Gasteiger partial charge in [-0.2, -0.15) is 5.10 Å². The summed E-state index contributed by atoms with van der Waals surface area (Å²) in [6, 6.07) is 15.2. The van der Waals surface area contributed by atoms with Gasteiger partial charge >= 0.3 is 5.97 Å². The average Bonchev–Trinajstić information content (AvgIpc) is 3.08. The van der Waals surface area contributed by atoms with E-state index in [9.17, 15) is 9.59 Å². The Bertz CT molecular complexity index is 1320. The molecule has 166 valence electrons. The third-order valence-electron chi connectivity index (χ3n) is 4.83. The highest BCUT2D eigenvalue weighted by molar-refractivity contribution is 7.99. The fraction of sp³-hybridized carbons (Fsp3) is 0.333. The predicted molar refractivity (Wildman–Crippen MR) is 127 cm³/mol. The van der Waals surface area contributed by atoms with Crippen molar-refractivity contribution in [1.82, 2.24) is 19.3 Å². The molecule has 0 radical (unpaired) electrons. The monoisotopic (exact) mass is 450 g/mol. The number of hydrogen-bond donors (Lipinski definition) is 0. The lowest BCUT2D eigenvalue weighted by Gasteiger charge is -2.20. The van der Waals surface area contributed by atoms with Gasteiger partial charge in [-0.25, -0.2) is 9.67 Å². The van der Waals surface area contributed by atoms with Crippen LogP contribution in [0.25, 0.3) is 21.8 Å². The van der Waals surface area contributed by atoms with Crippen LogP contribution in [-0.4, -0.2) is 36.7 Å². The first-order valence-electron chi connectivity index (χ1n) is 10.6. The van der Waals surface area contributed by atoms with Gasteiger partial charge in [-0.05, 0) is 45.4 Å². The van der Waals surface area contributed by atoms with Crippen LogP contribution in [0.5, 0.6) is 0 Å². The summed E-state index contributed by atoms with van der Waals surface area (Å²) in [6.07, 6.45) is 2.47. The van der Waals surface area contributed by atoms with Crippen LogP contribution >= 0.6 is 11.8 Å². The Morgan fingerprint density at radius 2 is 1.84 bits per heavy atom. The van der Waals surface area contributed by atoms with Crippen LogP contribution in [-0.2, 0) is 22.6 Å². The van der Waals surface area contributed by atoms with Crippen molar-refractivity contribution in [3.63, 3.8) is 0 Å². The zero-order chi connectivity index (χ0) is 22.7. The highest BCUT2D eigenvalue weighted by Gasteiger charge is 2.19. The van der Waals surface area contributed by atoms with Crippen molar-refractivity contribution in [2.24, 2.45) is 0 Å². The summed E-state index contributed by atoms with van der Waals surface area (Å²) >= 11 is 1.56. The quantitative estimate of drug-likeness (QED) is 0.238. The number of fused-ring (bicyclic) bond motifs is 2. The number of carbonyl (C=O) groups is 1. The van der Waals surface area contributed by atoms with E-state index in [1.165, 1.54) is 4.68 Å². The number of thioether (sulfide) groups is 1. The van der Waals surface area contributed by atoms with Crippen molar-refractivity contribution in [2.75, 3.05) is 5.75 Å². The molecule has 2 aromatic heterocycles. The van der Waals surface area contributed by atoms with Gasteiger partial charge in [0.05, 0.1) is 22.6 Å². The van der Waals surface area contributed by atoms with Crippen LogP contribution in [0.2, 0.25) is 0 Å². The summed E-state index contributed by atoms with van der Waals surface area (Å²) in [5.41, 5.74) is 1.12. The molecule has 8 heteroatoms. The average molecular weight is 451 g/mol. The van der Waals surface area contributed by atoms with Gasteiger partial charge in [0.25, 0.3) is 5.56 Å². The molecule has 0 aliphatic rings. The first-order chi connectivity index (χ1) is 15.3. The minimum atomic E-state index is -0.541. The molecular formula is C24H26N4O3S. The molecule has 2 heterocycles. The first kappa shape index (κ1) is 22.1. The molecule has 0 N–H and O–H groups in total. The number of esters is 1. The van der Waals surface area contributed by atoms with Crippen molar-refractivity contribution in [2.45, 2.75) is 51.0 Å². The Morgan fingerprint density at radius 3 is 2.66 bits per heavy atom. The molecule has 4 rings (SSSR count). The number of ether oxygens (including phenoxy) is 1. The third-order valence-corrected chi connectivity index (χ3v) is 5.90. The second kappa shape index (κ2) is 9.16. The number of rotatable bonds is 7. The maximum Gasteiger partial charge on any atom is 0.326 e. The number of carbonyl (C=O) groups excluding carboxylic acids is 1. The van der Waals surface area contributed by atoms with Crippen LogP contribution in [0.15, 0.2) is 64.7 Å². The Labute approximate surface area is 190 Å². The van der Waals surface area contributed by atoms with E-state index in [1.807, 2.05) is 73.9 Å². The van der Waals surface area contributed by atoms with Gasteiger partial charge in [0.1, 0.15) is 12.1 Å². The van der Waals surface area contributed by atoms with Crippen LogP contribution in [0.1, 0.15) is 27.2 Å². The Hall–Kier alpha value is -3.13. The molecule has 7 nitrogen and oxygen atoms in total. The summed E-state index contributed by atoms with van der Waals surface area (Å²) in [7, 11) is 0. The molecule has 2 aromatic carbocycles. The molecule has 0 atom stereocenters. The lowest BCUT2D eigenvalue weighted by atomic mass is 10.2. The highest BCUT2D eigenvalue weighted by atomic mass is 32.2. The van der Waals surface area contributed by atoms with Crippen LogP contribution < -0.4 is 5.56 Å². The standard InChI is InChI=1S/C24H26N4O3S/c1-24(2,3)31-21(29)16-27-20-12-7-6-11-19(20)26-23(27)32-14-8-13-28-22(30)18-10-5-4-9-17(18)15-25-28/h4-7,9-12,15H,8,13-14,16H2,1-3H3. The van der Waals surface area contributed by atoms with Crippen LogP contribution in [0, 0.1) is 0 Å². The SMILES string of the molecule is CC(C)(C)OC(=O)Cn1c(SCCCn2ncc3ccccc3c2=O)nc2ccccc21. The molecule has 0 fully saturated rings. The molecular weight excluding hydrogens is 424 g/mol. The number of imidazole rings is 1. The predicted octanol–water partition coefficient (Wildman–Crippen LogP) is 4.27. The van der Waals surface area contributed by atoms with Crippen molar-refractivity contribution in [1.29, 1.82) is 0 Å². The fourth-order valence-corrected chi connectivity index (χ4v) is 4.42. The highest BCUT2D eigenvalue weighted by Crippen LogP contribution is 2.25. The fourth-order valence-electron chi connectivity index (χ4n) is 3.48. The van der Waals surface area contributed by atoms with Crippen molar-refractivity contribution in [3.05, 3.63) is 65.1 Å². The van der Waals surface area contributed by atoms with Gasteiger partial charge in [-0.3, -0.25) is 9.59 Å². The zero-order valence-electron chi connectivity index (χ0n) is 18.4. The third kappa shape index (κ3) is 5.02. The zero-order valence-corrected chi connectivity index (χ0v) is 19.3. The van der Waals surface area contributed by atoms with E-state index >= 15 is 0 Å². The summed E-state index contributed by atoms with van der Waals surface area (Å²) in [5, 5.41) is 6.57. The lowest BCUT2D eigenvalue weighted by Crippen LogP contribution is -2.26. The number of aromatic nitrogens is 4. The number of hydrogen-bond acceptors (Lipinski definition) is 6. The number of aryl methyl sites for hydroxylation is 1. The van der Waals surface area contributed by atoms with Gasteiger partial charge < -0.3 is 9.30 Å². The van der Waals surface area contributed by atoms with Gasteiger partial charge in [0, 0.05) is 17.7 Å². The van der Waals surface area contributed by atoms with Crippen molar-refractivity contribution < 1.29 is 9.53 Å². The summed E-state index contributed by atoms with van der Waals surface area (Å²) in [5.74, 6) is 0.438. The first-order valence-corrected chi connectivity index (χ1v) is 11.6. The molecule has 4 aromatic rings. The number of nitrogens with zero attached hydrogens (tertiary/aromatic N) is 4. The second-order valence-corrected chi connectivity index (χ2v) is 9.58. The molecule has 32 heavy (non-hydrogen) atoms. The van der Waals surface area contributed by atoms with E-state index in [2.05, 4.69) is 5.10 Å². The van der Waals surface area contributed by atoms with Crippen LogP contribution in [0.4, 0.5) is 0 Å². The van der Waals surface area contributed by atoms with E-state index < -0.39 is 5.60 Å². The Balaban J connectivity index is 1.46. The summed E-state index contributed by atoms with van der Waals surface area (Å²) < 4.78 is 8.91. The van der Waals surface area contributed by atoms with Gasteiger partial charge in [0.15, 0.2) is 5.16 Å². The molecule has 0 saturated carbocycles. The van der Waals surface area contributed by atoms with Gasteiger partial charge in [-0.15, -0.1) is 0 Å². The van der Waals surface area contributed by atoms with E-state index in [-0.39, 0.29) is 18.1 Å². The van der Waals surface area contributed by atoms with E-state index in [0.717, 1.165) is 33.7 Å². The molecule has 0 aliphatic carbocycles. The maximum atomic E-state index is 12.6. The Kier molecular flexibility index (Phi) is 6.32. The number of benzene rings is 2. The van der Waals surface area contributed by atoms with E-state index in [1.54, 1.807) is 18.0 Å². The summed E-state index contributed by atoms with van der Waals surface area (Å²) in [4.78, 5) is 29.8. The molecule has 0 unspecified atom stereocenters. The topological polar surface area (TPSA) is 79.0 Å². The minimum Gasteiger partial charge on any atom is -0.459 e. The smallest absolute Gasteiger partial charge is 0.326 e. The van der Waals surface area contributed by atoms with Crippen molar-refractivity contribution in [3.8, 4) is 0 Å². The van der Waals surface area contributed by atoms with Crippen LogP contribution in [0.3, 0.4) is 0 Å². The molecule has 0 saturated heterocycles. The van der Waals surface area contributed by atoms with Crippen molar-refractivity contribution >= 4 is 39.5 Å². The van der Waals surface area contributed by atoms with Gasteiger partial charge in [-0.1, -0.05) is 42.1 Å². The number of para-hydroxylation sites is 2. The summed E-state index contributed by atoms with van der Waals surface area (Å²) in [6.45, 7) is 6.19. The minimum absolute atomic E-state index is 0.0785. The molecule has 0 amide bonds. The largest absolute Gasteiger partial charge is 0.459 e. The Morgan fingerprint density at radius 1 is 1.09 bits per heavy atom.